The zero-order valence-electron chi connectivity index (χ0n) is 7.30. The number of halogens is 3. The third-order valence-electron chi connectivity index (χ3n) is 1.84. The molecule has 0 aromatic heterocycles. The topological polar surface area (TPSA) is 46.2 Å². The van der Waals surface area contributed by atoms with Crippen molar-refractivity contribution in [3.05, 3.63) is 35.1 Å². The summed E-state index contributed by atoms with van der Waals surface area (Å²) in [7, 11) is 0. The maximum Gasteiger partial charge on any atom is 0.164 e. The van der Waals surface area contributed by atoms with Gasteiger partial charge in [0.15, 0.2) is 11.6 Å². The minimum atomic E-state index is -1.24. The van der Waals surface area contributed by atoms with E-state index in [1.54, 1.807) is 0 Å². The number of aliphatic hydroxyl groups excluding tert-OH is 1. The van der Waals surface area contributed by atoms with Crippen molar-refractivity contribution in [3.8, 4) is 0 Å². The fourth-order valence-corrected chi connectivity index (χ4v) is 1.08. The third-order valence-corrected chi connectivity index (χ3v) is 1.84. The molecule has 0 aliphatic carbocycles. The van der Waals surface area contributed by atoms with E-state index in [1.807, 2.05) is 0 Å². The lowest BCUT2D eigenvalue weighted by Gasteiger charge is -2.09. The molecule has 0 aliphatic heterocycles. The molecule has 3 N–H and O–H groups in total. The van der Waals surface area contributed by atoms with Crippen molar-refractivity contribution < 1.29 is 18.3 Å². The Kier molecular flexibility index (Phi) is 3.49. The molecule has 5 heteroatoms. The van der Waals surface area contributed by atoms with Crippen LogP contribution in [-0.4, -0.2) is 17.8 Å². The number of hydrogen-bond acceptors (Lipinski definition) is 2. The predicted octanol–water partition coefficient (Wildman–Crippen LogP) is 0.966. The lowest BCUT2D eigenvalue weighted by Crippen LogP contribution is -2.28. The summed E-state index contributed by atoms with van der Waals surface area (Å²) in [4.78, 5) is 0. The van der Waals surface area contributed by atoms with Crippen LogP contribution in [-0.2, 0) is 6.42 Å². The Bertz CT molecular complexity index is 330. The second-order valence-electron chi connectivity index (χ2n) is 2.97. The van der Waals surface area contributed by atoms with Crippen LogP contribution in [0.4, 0.5) is 13.2 Å². The molecule has 14 heavy (non-hydrogen) atoms. The van der Waals surface area contributed by atoms with E-state index in [0.29, 0.717) is 6.07 Å². The molecule has 1 rings (SSSR count). The molecular formula is C9H10F3NO. The maximum atomic E-state index is 13.0. The molecule has 1 aromatic rings. The van der Waals surface area contributed by atoms with Gasteiger partial charge in [-0.3, -0.25) is 0 Å². The van der Waals surface area contributed by atoms with Crippen LogP contribution in [0, 0.1) is 17.5 Å². The SMILES string of the molecule is NC(CO)Cc1c(F)ccc(F)c1F. The molecule has 2 nitrogen and oxygen atoms in total. The average Bonchev–Trinajstić information content (AvgIpc) is 2.18. The van der Waals surface area contributed by atoms with Crippen molar-refractivity contribution in [1.82, 2.24) is 0 Å². The summed E-state index contributed by atoms with van der Waals surface area (Å²) in [6.07, 6.45) is -0.230. The van der Waals surface area contributed by atoms with Crippen LogP contribution in [0.5, 0.6) is 0 Å². The number of aliphatic hydroxyl groups is 1. The summed E-state index contributed by atoms with van der Waals surface area (Å²) < 4.78 is 38.7. The van der Waals surface area contributed by atoms with Gasteiger partial charge in [0, 0.05) is 11.6 Å². The highest BCUT2D eigenvalue weighted by molar-refractivity contribution is 5.22. The molecule has 1 aromatic carbocycles. The minimum Gasteiger partial charge on any atom is -0.395 e. The Hall–Kier alpha value is -1.07. The van der Waals surface area contributed by atoms with Crippen LogP contribution in [0.3, 0.4) is 0 Å². The van der Waals surface area contributed by atoms with E-state index in [9.17, 15) is 13.2 Å². The van der Waals surface area contributed by atoms with Gasteiger partial charge in [0.05, 0.1) is 6.61 Å². The molecule has 0 heterocycles. The second kappa shape index (κ2) is 4.43. The first-order valence-corrected chi connectivity index (χ1v) is 4.05. The molecule has 0 amide bonds. The summed E-state index contributed by atoms with van der Waals surface area (Å²) >= 11 is 0. The highest BCUT2D eigenvalue weighted by Gasteiger charge is 2.15. The first kappa shape index (κ1) is 11.0. The molecule has 0 aliphatic rings. The summed E-state index contributed by atoms with van der Waals surface area (Å²) in [5, 5.41) is 8.58. The number of nitrogens with two attached hydrogens (primary N) is 1. The van der Waals surface area contributed by atoms with E-state index in [2.05, 4.69) is 0 Å². The predicted molar refractivity (Wildman–Crippen MR) is 45.1 cm³/mol. The van der Waals surface area contributed by atoms with Gasteiger partial charge in [-0.05, 0) is 18.6 Å². The van der Waals surface area contributed by atoms with Crippen molar-refractivity contribution in [2.24, 2.45) is 5.73 Å². The molecule has 0 spiro atoms. The Morgan fingerprint density at radius 2 is 1.79 bits per heavy atom. The van der Waals surface area contributed by atoms with E-state index in [4.69, 9.17) is 10.8 Å². The molecular weight excluding hydrogens is 195 g/mol. The van der Waals surface area contributed by atoms with Crippen molar-refractivity contribution in [1.29, 1.82) is 0 Å². The van der Waals surface area contributed by atoms with E-state index in [0.717, 1.165) is 6.07 Å². The Balaban J connectivity index is 3.00. The molecule has 0 fully saturated rings. The standard InChI is InChI=1S/C9H10F3NO/c10-7-1-2-8(11)9(12)6(7)3-5(13)4-14/h1-2,5,14H,3-4,13H2. The number of rotatable bonds is 3. The van der Waals surface area contributed by atoms with Crippen LogP contribution >= 0.6 is 0 Å². The van der Waals surface area contributed by atoms with Gasteiger partial charge in [-0.1, -0.05) is 0 Å². The molecule has 1 unspecified atom stereocenters. The normalized spacial score (nSPS) is 12.9. The molecule has 0 saturated carbocycles. The number of hydrogen-bond donors (Lipinski definition) is 2. The average molecular weight is 205 g/mol. The van der Waals surface area contributed by atoms with Gasteiger partial charge in [0.1, 0.15) is 5.82 Å². The summed E-state index contributed by atoms with van der Waals surface area (Å²) in [6, 6.07) is 0.747. The lowest BCUT2D eigenvalue weighted by molar-refractivity contribution is 0.263. The first-order chi connectivity index (χ1) is 6.56. The van der Waals surface area contributed by atoms with Crippen molar-refractivity contribution in [2.75, 3.05) is 6.61 Å². The third kappa shape index (κ3) is 2.24. The molecule has 0 bridgehead atoms. The van der Waals surface area contributed by atoms with Gasteiger partial charge in [0.2, 0.25) is 0 Å². The molecule has 78 valence electrons. The first-order valence-electron chi connectivity index (χ1n) is 4.05. The second-order valence-corrected chi connectivity index (χ2v) is 2.97. The zero-order chi connectivity index (χ0) is 10.7. The zero-order valence-corrected chi connectivity index (χ0v) is 7.30. The van der Waals surface area contributed by atoms with Crippen molar-refractivity contribution in [2.45, 2.75) is 12.5 Å². The van der Waals surface area contributed by atoms with Crippen LogP contribution in [0.2, 0.25) is 0 Å². The highest BCUT2D eigenvalue weighted by Crippen LogP contribution is 2.16. The highest BCUT2D eigenvalue weighted by atomic mass is 19.2. The van der Waals surface area contributed by atoms with Crippen molar-refractivity contribution in [3.63, 3.8) is 0 Å². The van der Waals surface area contributed by atoms with Crippen LogP contribution < -0.4 is 5.73 Å². The van der Waals surface area contributed by atoms with Crippen LogP contribution in [0.25, 0.3) is 0 Å². The fourth-order valence-electron chi connectivity index (χ4n) is 1.08. The van der Waals surface area contributed by atoms with Gasteiger partial charge in [-0.2, -0.15) is 0 Å². The van der Waals surface area contributed by atoms with E-state index < -0.39 is 35.7 Å². The maximum absolute atomic E-state index is 13.0. The Morgan fingerprint density at radius 3 is 2.36 bits per heavy atom. The smallest absolute Gasteiger partial charge is 0.164 e. The Morgan fingerprint density at radius 1 is 1.21 bits per heavy atom. The summed E-state index contributed by atoms with van der Waals surface area (Å²) in [5.41, 5.74) is 4.86. The largest absolute Gasteiger partial charge is 0.395 e. The summed E-state index contributed by atoms with van der Waals surface area (Å²) in [6.45, 7) is -0.407. The van der Waals surface area contributed by atoms with Gasteiger partial charge in [-0.25, -0.2) is 13.2 Å². The fraction of sp³-hybridized carbons (Fsp3) is 0.333. The summed E-state index contributed by atoms with van der Waals surface area (Å²) in [5.74, 6) is -3.21. The van der Waals surface area contributed by atoms with E-state index >= 15 is 0 Å². The quantitative estimate of drug-likeness (QED) is 0.722. The Labute approximate surface area is 79.2 Å². The molecule has 0 saturated heterocycles. The van der Waals surface area contributed by atoms with Gasteiger partial charge >= 0.3 is 0 Å². The van der Waals surface area contributed by atoms with Crippen LogP contribution in [0.15, 0.2) is 12.1 Å². The van der Waals surface area contributed by atoms with Crippen molar-refractivity contribution >= 4 is 0 Å². The van der Waals surface area contributed by atoms with E-state index in [1.165, 1.54) is 0 Å². The molecule has 1 atom stereocenters. The number of benzene rings is 1. The van der Waals surface area contributed by atoms with Gasteiger partial charge in [-0.15, -0.1) is 0 Å². The molecule has 0 radical (unpaired) electrons. The van der Waals surface area contributed by atoms with Gasteiger partial charge < -0.3 is 10.8 Å². The lowest BCUT2D eigenvalue weighted by atomic mass is 10.1. The van der Waals surface area contributed by atoms with Gasteiger partial charge in [0.25, 0.3) is 0 Å². The van der Waals surface area contributed by atoms with E-state index in [-0.39, 0.29) is 6.42 Å². The van der Waals surface area contributed by atoms with Crippen LogP contribution in [0.1, 0.15) is 5.56 Å². The minimum absolute atomic E-state index is 0.230. The monoisotopic (exact) mass is 205 g/mol.